The monoisotopic (exact) mass is 396 g/mol. The van der Waals surface area contributed by atoms with Crippen LogP contribution in [0.15, 0.2) is 36.4 Å². The predicted molar refractivity (Wildman–Crippen MR) is 114 cm³/mol. The van der Waals surface area contributed by atoms with Gasteiger partial charge in [0.15, 0.2) is 0 Å². The molecule has 0 unspecified atom stereocenters. The number of amides is 3. The predicted octanol–water partition coefficient (Wildman–Crippen LogP) is 2.78. The molecular formula is C23H32N4O2. The first-order chi connectivity index (χ1) is 14.1. The zero-order valence-electron chi connectivity index (χ0n) is 17.3. The van der Waals surface area contributed by atoms with Crippen LogP contribution in [0.1, 0.15) is 38.2 Å². The molecule has 1 aliphatic carbocycles. The quantitative estimate of drug-likeness (QED) is 0.778. The maximum atomic E-state index is 13.0. The highest BCUT2D eigenvalue weighted by Gasteiger charge is 2.52. The largest absolute Gasteiger partial charge is 0.326 e. The van der Waals surface area contributed by atoms with E-state index in [2.05, 4.69) is 46.3 Å². The van der Waals surface area contributed by atoms with Gasteiger partial charge in [-0.2, -0.15) is 0 Å². The molecule has 3 amide bonds. The van der Waals surface area contributed by atoms with Crippen LogP contribution < -0.4 is 5.32 Å². The lowest BCUT2D eigenvalue weighted by Crippen LogP contribution is -2.52. The normalized spacial score (nSPS) is 29.1. The zero-order chi connectivity index (χ0) is 20.3. The molecule has 2 heterocycles. The van der Waals surface area contributed by atoms with Crippen LogP contribution in [0.3, 0.4) is 0 Å². The minimum Gasteiger partial charge on any atom is -0.323 e. The minimum atomic E-state index is -0.631. The third-order valence-electron chi connectivity index (χ3n) is 6.65. The van der Waals surface area contributed by atoms with Gasteiger partial charge in [0, 0.05) is 32.7 Å². The van der Waals surface area contributed by atoms with E-state index in [0.717, 1.165) is 58.4 Å². The van der Waals surface area contributed by atoms with E-state index in [1.54, 1.807) is 0 Å². The van der Waals surface area contributed by atoms with E-state index in [1.165, 1.54) is 10.5 Å². The Balaban J connectivity index is 1.25. The molecule has 6 heteroatoms. The standard InChI is InChI=1S/C23H32N4O2/c1-19-9-11-23(12-10-19)21(28)27(22(29)24-23)18-26-16-14-25(15-17-26)13-5-8-20-6-3-2-4-7-20/h2-8,19H,9-18H2,1H3,(H,24,29)/b8-5+. The molecule has 4 rings (SSSR count). The number of imide groups is 1. The molecule has 3 aliphatic rings. The van der Waals surface area contributed by atoms with E-state index < -0.39 is 5.54 Å². The van der Waals surface area contributed by atoms with E-state index in [-0.39, 0.29) is 11.9 Å². The fourth-order valence-electron chi connectivity index (χ4n) is 4.61. The topological polar surface area (TPSA) is 55.9 Å². The van der Waals surface area contributed by atoms with Crippen molar-refractivity contribution in [2.45, 2.75) is 38.1 Å². The Morgan fingerprint density at radius 2 is 1.69 bits per heavy atom. The Bertz CT molecular complexity index is 747. The Labute approximate surface area is 173 Å². The molecule has 1 aromatic carbocycles. The highest BCUT2D eigenvalue weighted by Crippen LogP contribution is 2.36. The third-order valence-corrected chi connectivity index (χ3v) is 6.65. The van der Waals surface area contributed by atoms with Gasteiger partial charge in [-0.15, -0.1) is 0 Å². The average molecular weight is 397 g/mol. The summed E-state index contributed by atoms with van der Waals surface area (Å²) >= 11 is 0. The second-order valence-corrected chi connectivity index (χ2v) is 8.80. The molecule has 0 atom stereocenters. The van der Waals surface area contributed by atoms with Gasteiger partial charge in [0.25, 0.3) is 5.91 Å². The second-order valence-electron chi connectivity index (χ2n) is 8.80. The number of rotatable bonds is 5. The molecule has 6 nitrogen and oxygen atoms in total. The second kappa shape index (κ2) is 8.67. The molecule has 0 bridgehead atoms. The number of hydrogen-bond donors (Lipinski definition) is 1. The van der Waals surface area contributed by atoms with Crippen LogP contribution in [-0.4, -0.2) is 71.6 Å². The first-order valence-electron chi connectivity index (χ1n) is 10.9. The molecule has 0 aromatic heterocycles. The van der Waals surface area contributed by atoms with Crippen LogP contribution in [0.25, 0.3) is 6.08 Å². The number of carbonyl (C=O) groups is 2. The summed E-state index contributed by atoms with van der Waals surface area (Å²) in [4.78, 5) is 31.6. The number of nitrogens with one attached hydrogen (secondary N) is 1. The van der Waals surface area contributed by atoms with Crippen molar-refractivity contribution in [3.63, 3.8) is 0 Å². The Morgan fingerprint density at radius 1 is 1.03 bits per heavy atom. The van der Waals surface area contributed by atoms with Crippen molar-refractivity contribution in [2.24, 2.45) is 5.92 Å². The molecule has 1 saturated carbocycles. The number of carbonyl (C=O) groups excluding carboxylic acids is 2. The number of urea groups is 1. The Morgan fingerprint density at radius 3 is 2.38 bits per heavy atom. The molecule has 2 saturated heterocycles. The first-order valence-corrected chi connectivity index (χ1v) is 10.9. The maximum absolute atomic E-state index is 13.0. The summed E-state index contributed by atoms with van der Waals surface area (Å²) in [6, 6.07) is 10.1. The van der Waals surface area contributed by atoms with Crippen molar-refractivity contribution in [3.05, 3.63) is 42.0 Å². The van der Waals surface area contributed by atoms with E-state index in [9.17, 15) is 9.59 Å². The van der Waals surface area contributed by atoms with E-state index in [1.807, 2.05) is 18.2 Å². The van der Waals surface area contributed by atoms with Crippen LogP contribution in [0, 0.1) is 5.92 Å². The molecule has 2 aliphatic heterocycles. The summed E-state index contributed by atoms with van der Waals surface area (Å²) in [5.41, 5.74) is 0.587. The summed E-state index contributed by atoms with van der Waals surface area (Å²) < 4.78 is 0. The Hall–Kier alpha value is -2.18. The van der Waals surface area contributed by atoms with Crippen LogP contribution in [0.5, 0.6) is 0 Å². The van der Waals surface area contributed by atoms with Gasteiger partial charge in [-0.05, 0) is 37.2 Å². The maximum Gasteiger partial charge on any atom is 0.326 e. The van der Waals surface area contributed by atoms with E-state index >= 15 is 0 Å². The van der Waals surface area contributed by atoms with Gasteiger partial charge in [0.2, 0.25) is 0 Å². The van der Waals surface area contributed by atoms with Crippen molar-refractivity contribution in [1.29, 1.82) is 0 Å². The zero-order valence-corrected chi connectivity index (χ0v) is 17.3. The summed E-state index contributed by atoms with van der Waals surface area (Å²) in [5.74, 6) is 0.631. The molecule has 29 heavy (non-hydrogen) atoms. The highest BCUT2D eigenvalue weighted by atomic mass is 16.2. The van der Waals surface area contributed by atoms with Crippen LogP contribution >= 0.6 is 0 Å². The summed E-state index contributed by atoms with van der Waals surface area (Å²) in [7, 11) is 0. The smallest absolute Gasteiger partial charge is 0.323 e. The summed E-state index contributed by atoms with van der Waals surface area (Å²) in [6.45, 7) is 7.21. The van der Waals surface area contributed by atoms with Gasteiger partial charge in [0.05, 0.1) is 6.67 Å². The number of nitrogens with zero attached hydrogens (tertiary/aromatic N) is 3. The van der Waals surface area contributed by atoms with Crippen molar-refractivity contribution < 1.29 is 9.59 Å². The number of hydrogen-bond acceptors (Lipinski definition) is 4. The lowest BCUT2D eigenvalue weighted by Gasteiger charge is -2.36. The van der Waals surface area contributed by atoms with Gasteiger partial charge >= 0.3 is 6.03 Å². The van der Waals surface area contributed by atoms with Gasteiger partial charge in [-0.25, -0.2) is 9.69 Å². The Kier molecular flexibility index (Phi) is 6.01. The van der Waals surface area contributed by atoms with Crippen LogP contribution in [0.2, 0.25) is 0 Å². The molecule has 0 radical (unpaired) electrons. The van der Waals surface area contributed by atoms with Crippen LogP contribution in [0.4, 0.5) is 4.79 Å². The number of piperazine rings is 1. The average Bonchev–Trinajstić information content (AvgIpc) is 2.96. The van der Waals surface area contributed by atoms with Gasteiger partial charge in [-0.1, -0.05) is 49.4 Å². The van der Waals surface area contributed by atoms with Gasteiger partial charge in [0.1, 0.15) is 5.54 Å². The first kappa shape index (κ1) is 20.1. The molecule has 1 spiro atoms. The van der Waals surface area contributed by atoms with Gasteiger partial charge in [-0.3, -0.25) is 14.6 Å². The number of benzene rings is 1. The molecule has 1 N–H and O–H groups in total. The van der Waals surface area contributed by atoms with E-state index in [0.29, 0.717) is 12.6 Å². The van der Waals surface area contributed by atoms with Crippen molar-refractivity contribution in [1.82, 2.24) is 20.0 Å². The van der Waals surface area contributed by atoms with Gasteiger partial charge < -0.3 is 5.32 Å². The summed E-state index contributed by atoms with van der Waals surface area (Å²) in [6.07, 6.45) is 7.93. The van der Waals surface area contributed by atoms with E-state index in [4.69, 9.17) is 0 Å². The third kappa shape index (κ3) is 4.54. The molecular weight excluding hydrogens is 364 g/mol. The summed E-state index contributed by atoms with van der Waals surface area (Å²) in [5, 5.41) is 3.02. The SMILES string of the molecule is CC1CCC2(CC1)NC(=O)N(CN1CCN(C/C=C/c3ccccc3)CC1)C2=O. The fourth-order valence-corrected chi connectivity index (χ4v) is 4.61. The lowest BCUT2D eigenvalue weighted by molar-refractivity contribution is -0.134. The van der Waals surface area contributed by atoms with Crippen molar-refractivity contribution in [2.75, 3.05) is 39.4 Å². The lowest BCUT2D eigenvalue weighted by atomic mass is 9.77. The molecule has 156 valence electrons. The fraction of sp³-hybridized carbons (Fsp3) is 0.565. The molecule has 3 fully saturated rings. The van der Waals surface area contributed by atoms with Crippen molar-refractivity contribution in [3.8, 4) is 0 Å². The minimum absolute atomic E-state index is 0.0115. The highest BCUT2D eigenvalue weighted by molar-refractivity contribution is 6.07. The van der Waals surface area contributed by atoms with Crippen LogP contribution in [-0.2, 0) is 4.79 Å². The van der Waals surface area contributed by atoms with Crippen molar-refractivity contribution >= 4 is 18.0 Å². The molecule has 1 aromatic rings.